The molecule has 0 saturated heterocycles. The Morgan fingerprint density at radius 1 is 0.870 bits per heavy atom. The van der Waals surface area contributed by atoms with E-state index in [1.165, 1.54) is 38.5 Å². The van der Waals surface area contributed by atoms with Crippen molar-refractivity contribution in [2.24, 2.45) is 0 Å². The molecule has 0 aliphatic heterocycles. The van der Waals surface area contributed by atoms with Crippen molar-refractivity contribution >= 4 is 5.69 Å². The van der Waals surface area contributed by atoms with Gasteiger partial charge in [-0.15, -0.1) is 0 Å². The van der Waals surface area contributed by atoms with Gasteiger partial charge in [0.25, 0.3) is 0 Å². The van der Waals surface area contributed by atoms with Gasteiger partial charge in [0.2, 0.25) is 0 Å². The summed E-state index contributed by atoms with van der Waals surface area (Å²) in [6.07, 6.45) is 9.86. The lowest BCUT2D eigenvalue weighted by molar-refractivity contribution is -0.247. The Balaban J connectivity index is 2.64. The highest BCUT2D eigenvalue weighted by atomic mass is 16.7. The quantitative estimate of drug-likeness (QED) is 0.291. The average Bonchev–Trinajstić information content (AvgIpc) is 2.54. The topological polar surface area (TPSA) is 44.5 Å². The number of benzene rings is 1. The maximum absolute atomic E-state index is 6.08. The Hall–Kier alpha value is -1.06. The van der Waals surface area contributed by atoms with Crippen LogP contribution in [0.15, 0.2) is 24.3 Å². The summed E-state index contributed by atoms with van der Waals surface area (Å²) in [5.41, 5.74) is 7.75. The molecule has 0 aliphatic rings. The van der Waals surface area contributed by atoms with Gasteiger partial charge in [-0.05, 0) is 32.4 Å². The van der Waals surface area contributed by atoms with Crippen LogP contribution in [0.3, 0.4) is 0 Å². The molecule has 0 heterocycles. The normalized spacial score (nSPS) is 11.8. The van der Waals surface area contributed by atoms with E-state index in [1.54, 1.807) is 0 Å². The van der Waals surface area contributed by atoms with E-state index in [4.69, 9.17) is 15.2 Å². The zero-order valence-electron chi connectivity index (χ0n) is 15.3. The Morgan fingerprint density at radius 3 is 2.04 bits per heavy atom. The van der Waals surface area contributed by atoms with E-state index in [9.17, 15) is 0 Å². The van der Waals surface area contributed by atoms with E-state index in [0.717, 1.165) is 24.1 Å². The van der Waals surface area contributed by atoms with Gasteiger partial charge in [-0.1, -0.05) is 57.6 Å². The minimum absolute atomic E-state index is 0.630. The monoisotopic (exact) mass is 321 g/mol. The number of rotatable bonds is 13. The molecule has 3 heteroatoms. The molecule has 0 atom stereocenters. The molecular formula is C20H35NO2. The average molecular weight is 322 g/mol. The molecular weight excluding hydrogens is 286 g/mol. The molecule has 0 amide bonds. The predicted octanol–water partition coefficient (Wildman–Crippen LogP) is 5.64. The largest absolute Gasteiger partial charge is 0.399 e. The standard InChI is InChI=1S/C20H35NO2/c1-4-7-8-9-10-11-12-16-20(22-5-2,23-6-3)18-14-13-15-19(21)17-18/h13-15,17H,4-12,16,21H2,1-3H3. The Labute approximate surface area is 142 Å². The fourth-order valence-corrected chi connectivity index (χ4v) is 3.05. The highest BCUT2D eigenvalue weighted by molar-refractivity contribution is 5.42. The molecule has 0 aromatic heterocycles. The highest BCUT2D eigenvalue weighted by Crippen LogP contribution is 2.34. The molecule has 0 bridgehead atoms. The van der Waals surface area contributed by atoms with E-state index in [1.807, 2.05) is 32.0 Å². The van der Waals surface area contributed by atoms with Crippen molar-refractivity contribution in [1.29, 1.82) is 0 Å². The zero-order valence-corrected chi connectivity index (χ0v) is 15.3. The van der Waals surface area contributed by atoms with Gasteiger partial charge in [0.1, 0.15) is 0 Å². The van der Waals surface area contributed by atoms with Crippen molar-refractivity contribution in [3.63, 3.8) is 0 Å². The molecule has 23 heavy (non-hydrogen) atoms. The van der Waals surface area contributed by atoms with Gasteiger partial charge in [-0.25, -0.2) is 0 Å². The van der Waals surface area contributed by atoms with Gasteiger partial charge in [0.15, 0.2) is 5.79 Å². The van der Waals surface area contributed by atoms with Crippen LogP contribution in [0.4, 0.5) is 5.69 Å². The first-order valence-corrected chi connectivity index (χ1v) is 9.32. The van der Waals surface area contributed by atoms with Crippen LogP contribution in [0, 0.1) is 0 Å². The van der Waals surface area contributed by atoms with Gasteiger partial charge in [0.05, 0.1) is 0 Å². The lowest BCUT2D eigenvalue weighted by atomic mass is 9.97. The van der Waals surface area contributed by atoms with Gasteiger partial charge >= 0.3 is 0 Å². The van der Waals surface area contributed by atoms with Crippen molar-refractivity contribution < 1.29 is 9.47 Å². The molecule has 0 saturated carbocycles. The Kier molecular flexibility index (Phi) is 9.97. The van der Waals surface area contributed by atoms with Crippen LogP contribution in [0.2, 0.25) is 0 Å². The first-order valence-electron chi connectivity index (χ1n) is 9.32. The Morgan fingerprint density at radius 2 is 1.48 bits per heavy atom. The molecule has 3 nitrogen and oxygen atoms in total. The molecule has 0 spiro atoms. The molecule has 1 aromatic rings. The first kappa shape index (κ1) is 20.0. The van der Waals surface area contributed by atoms with E-state index in [-0.39, 0.29) is 0 Å². The summed E-state index contributed by atoms with van der Waals surface area (Å²) in [7, 11) is 0. The third kappa shape index (κ3) is 6.92. The molecule has 0 fully saturated rings. The summed E-state index contributed by atoms with van der Waals surface area (Å²) in [4.78, 5) is 0. The number of nitrogens with two attached hydrogens (primary N) is 1. The summed E-state index contributed by atoms with van der Waals surface area (Å²) in [5, 5.41) is 0. The number of ether oxygens (including phenoxy) is 2. The zero-order chi connectivity index (χ0) is 17.0. The van der Waals surface area contributed by atoms with Crippen molar-refractivity contribution in [1.82, 2.24) is 0 Å². The lowest BCUT2D eigenvalue weighted by Gasteiger charge is -2.34. The number of anilines is 1. The lowest BCUT2D eigenvalue weighted by Crippen LogP contribution is -2.33. The van der Waals surface area contributed by atoms with E-state index < -0.39 is 5.79 Å². The number of hydrogen-bond donors (Lipinski definition) is 1. The minimum atomic E-state index is -0.650. The third-order valence-corrected chi connectivity index (χ3v) is 4.19. The minimum Gasteiger partial charge on any atom is -0.399 e. The fraction of sp³-hybridized carbons (Fsp3) is 0.700. The Bertz CT molecular complexity index is 414. The summed E-state index contributed by atoms with van der Waals surface area (Å²) >= 11 is 0. The summed E-state index contributed by atoms with van der Waals surface area (Å²) in [6.45, 7) is 7.55. The predicted molar refractivity (Wildman–Crippen MR) is 98.4 cm³/mol. The van der Waals surface area contributed by atoms with Crippen molar-refractivity contribution in [3.8, 4) is 0 Å². The van der Waals surface area contributed by atoms with Gasteiger partial charge in [0, 0.05) is 30.9 Å². The van der Waals surface area contributed by atoms with Gasteiger partial charge < -0.3 is 15.2 Å². The molecule has 2 N–H and O–H groups in total. The second kappa shape index (κ2) is 11.5. The van der Waals surface area contributed by atoms with Crippen LogP contribution >= 0.6 is 0 Å². The van der Waals surface area contributed by atoms with E-state index in [2.05, 4.69) is 13.0 Å². The summed E-state index contributed by atoms with van der Waals surface area (Å²) in [6, 6.07) is 7.91. The van der Waals surface area contributed by atoms with Crippen molar-refractivity contribution in [2.45, 2.75) is 77.9 Å². The van der Waals surface area contributed by atoms with Crippen molar-refractivity contribution in [2.75, 3.05) is 18.9 Å². The van der Waals surface area contributed by atoms with Crippen LogP contribution in [0.5, 0.6) is 0 Å². The maximum Gasteiger partial charge on any atom is 0.194 e. The fourth-order valence-electron chi connectivity index (χ4n) is 3.05. The molecule has 132 valence electrons. The van der Waals surface area contributed by atoms with Crippen LogP contribution in [-0.2, 0) is 15.3 Å². The molecule has 1 aromatic carbocycles. The van der Waals surface area contributed by atoms with Crippen molar-refractivity contribution in [3.05, 3.63) is 29.8 Å². The first-order chi connectivity index (χ1) is 11.2. The van der Waals surface area contributed by atoms with Crippen LogP contribution in [-0.4, -0.2) is 13.2 Å². The highest BCUT2D eigenvalue weighted by Gasteiger charge is 2.33. The van der Waals surface area contributed by atoms with E-state index >= 15 is 0 Å². The molecule has 0 unspecified atom stereocenters. The second-order valence-electron chi connectivity index (χ2n) is 6.12. The smallest absolute Gasteiger partial charge is 0.194 e. The second-order valence-corrected chi connectivity index (χ2v) is 6.12. The number of hydrogen-bond acceptors (Lipinski definition) is 3. The number of unbranched alkanes of at least 4 members (excludes halogenated alkanes) is 6. The SMILES string of the molecule is CCCCCCCCCC(OCC)(OCC)c1cccc(N)c1. The van der Waals surface area contributed by atoms with E-state index in [0.29, 0.717) is 13.2 Å². The van der Waals surface area contributed by atoms with Gasteiger partial charge in [-0.3, -0.25) is 0 Å². The summed E-state index contributed by atoms with van der Waals surface area (Å²) in [5.74, 6) is -0.650. The van der Waals surface area contributed by atoms with Gasteiger partial charge in [-0.2, -0.15) is 0 Å². The van der Waals surface area contributed by atoms with Crippen LogP contribution in [0.25, 0.3) is 0 Å². The molecule has 0 aliphatic carbocycles. The third-order valence-electron chi connectivity index (χ3n) is 4.19. The molecule has 1 rings (SSSR count). The molecule has 0 radical (unpaired) electrons. The van der Waals surface area contributed by atoms with Crippen LogP contribution < -0.4 is 5.73 Å². The summed E-state index contributed by atoms with van der Waals surface area (Å²) < 4.78 is 12.2. The maximum atomic E-state index is 6.08. The van der Waals surface area contributed by atoms with Crippen LogP contribution in [0.1, 0.15) is 77.7 Å². The number of nitrogen functional groups attached to an aromatic ring is 1.